The lowest BCUT2D eigenvalue weighted by Gasteiger charge is -2.45. The summed E-state index contributed by atoms with van der Waals surface area (Å²) in [4.78, 5) is 14.2. The Morgan fingerprint density at radius 2 is 1.81 bits per heavy atom. The van der Waals surface area contributed by atoms with Crippen molar-refractivity contribution in [3.8, 4) is 0 Å². The molecule has 32 heavy (non-hydrogen) atoms. The molecule has 5 rings (SSSR count). The van der Waals surface area contributed by atoms with Crippen molar-refractivity contribution < 1.29 is 4.79 Å². The Bertz CT molecular complexity index is 1060. The number of hydrogen-bond acceptors (Lipinski definition) is 3. The lowest BCUT2D eigenvalue weighted by atomic mass is 9.64. The predicted octanol–water partition coefficient (Wildman–Crippen LogP) is 7.78. The number of carbonyl (C=O) groups is 1. The summed E-state index contributed by atoms with van der Waals surface area (Å²) < 4.78 is 0. The Labute approximate surface area is 196 Å². The number of carbonyl (C=O) groups excluding carboxylic acids is 1. The van der Waals surface area contributed by atoms with Crippen molar-refractivity contribution in [2.45, 2.75) is 72.1 Å². The van der Waals surface area contributed by atoms with Crippen LogP contribution in [0.15, 0.2) is 63.6 Å². The first-order valence-corrected chi connectivity index (χ1v) is 13.2. The number of allylic oxidation sites excluding steroid dienone is 4. The highest BCUT2D eigenvalue weighted by molar-refractivity contribution is 7.08. The Kier molecular flexibility index (Phi) is 5.65. The Balaban J connectivity index is 1.70. The maximum absolute atomic E-state index is 14.2. The molecule has 1 N–H and O–H groups in total. The number of dihydropyridines is 1. The molecule has 1 unspecified atom stereocenters. The molecular formula is C29H35NOS. The second-order valence-corrected chi connectivity index (χ2v) is 11.8. The largest absolute Gasteiger partial charge is 0.362 e. The van der Waals surface area contributed by atoms with E-state index in [1.165, 1.54) is 60.2 Å². The molecule has 1 aromatic carbocycles. The van der Waals surface area contributed by atoms with Gasteiger partial charge in [0.2, 0.25) is 0 Å². The fourth-order valence-electron chi connectivity index (χ4n) is 6.44. The van der Waals surface area contributed by atoms with E-state index in [-0.39, 0.29) is 17.1 Å². The fraction of sp³-hybridized carbons (Fsp3) is 0.483. The van der Waals surface area contributed by atoms with Crippen molar-refractivity contribution in [3.63, 3.8) is 0 Å². The van der Waals surface area contributed by atoms with Crippen LogP contribution in [-0.2, 0) is 0 Å². The van der Waals surface area contributed by atoms with Gasteiger partial charge < -0.3 is 5.32 Å². The van der Waals surface area contributed by atoms with E-state index in [4.69, 9.17) is 0 Å². The molecule has 168 valence electrons. The summed E-state index contributed by atoms with van der Waals surface area (Å²) in [5, 5.41) is 8.36. The third-order valence-electron chi connectivity index (χ3n) is 7.77. The number of aryl methyl sites for hydroxylation is 1. The first kappa shape index (κ1) is 21.7. The summed E-state index contributed by atoms with van der Waals surface area (Å²) in [5.41, 5.74) is 8.68. The molecular weight excluding hydrogens is 410 g/mol. The minimum absolute atomic E-state index is 0.0769. The molecule has 0 radical (unpaired) electrons. The van der Waals surface area contributed by atoms with E-state index in [2.05, 4.69) is 62.0 Å². The summed E-state index contributed by atoms with van der Waals surface area (Å²) in [7, 11) is 0. The van der Waals surface area contributed by atoms with Gasteiger partial charge in [-0.2, -0.15) is 11.3 Å². The Morgan fingerprint density at radius 1 is 1.09 bits per heavy atom. The molecule has 2 atom stereocenters. The molecule has 2 aromatic rings. The Morgan fingerprint density at radius 3 is 2.47 bits per heavy atom. The molecule has 0 amide bonds. The number of thiophene rings is 1. The van der Waals surface area contributed by atoms with Crippen molar-refractivity contribution in [1.82, 2.24) is 5.32 Å². The monoisotopic (exact) mass is 445 g/mol. The van der Waals surface area contributed by atoms with Crippen LogP contribution >= 0.6 is 11.3 Å². The van der Waals surface area contributed by atoms with Gasteiger partial charge in [0.25, 0.3) is 0 Å². The fourth-order valence-corrected chi connectivity index (χ4v) is 7.13. The molecule has 3 heteroatoms. The second kappa shape index (κ2) is 8.33. The molecule has 1 aromatic heterocycles. The normalized spacial score (nSPS) is 25.6. The minimum Gasteiger partial charge on any atom is -0.362 e. The second-order valence-electron chi connectivity index (χ2n) is 11.0. The summed E-state index contributed by atoms with van der Waals surface area (Å²) in [6.07, 6.45) is 7.13. The van der Waals surface area contributed by atoms with Gasteiger partial charge in [0.1, 0.15) is 0 Å². The van der Waals surface area contributed by atoms with Crippen molar-refractivity contribution in [2.24, 2.45) is 17.3 Å². The average molecular weight is 446 g/mol. The highest BCUT2D eigenvalue weighted by Gasteiger charge is 2.44. The zero-order valence-corrected chi connectivity index (χ0v) is 20.6. The van der Waals surface area contributed by atoms with Gasteiger partial charge in [-0.3, -0.25) is 4.79 Å². The molecule has 2 heterocycles. The topological polar surface area (TPSA) is 29.1 Å². The van der Waals surface area contributed by atoms with Crippen LogP contribution < -0.4 is 5.32 Å². The van der Waals surface area contributed by atoms with Crippen LogP contribution in [0.25, 0.3) is 0 Å². The average Bonchev–Trinajstić information content (AvgIpc) is 3.46. The van der Waals surface area contributed by atoms with Gasteiger partial charge >= 0.3 is 0 Å². The number of rotatable bonds is 4. The summed E-state index contributed by atoms with van der Waals surface area (Å²) in [6, 6.07) is 10.4. The number of benzene rings is 1. The van der Waals surface area contributed by atoms with Crippen molar-refractivity contribution in [2.75, 3.05) is 0 Å². The van der Waals surface area contributed by atoms with Crippen LogP contribution in [0.2, 0.25) is 0 Å². The van der Waals surface area contributed by atoms with Crippen LogP contribution in [-0.4, -0.2) is 5.78 Å². The summed E-state index contributed by atoms with van der Waals surface area (Å²) in [6.45, 7) is 9.23. The standard InChI is InChI=1S/C29H35NOS/c1-18-9-11-21(12-10-18)28(31)26-25(22-13-14-32-17-22)24-19(2)15-29(3,4)16-23(24)30-27(26)20-7-5-6-8-20/h9-14,17,19-20,25,30H,5-8,15-16H2,1-4H3/t19-,25?/m0/s1. The maximum atomic E-state index is 14.2. The van der Waals surface area contributed by atoms with E-state index < -0.39 is 0 Å². The molecule has 2 aliphatic carbocycles. The maximum Gasteiger partial charge on any atom is 0.191 e. The third kappa shape index (κ3) is 3.90. The first-order valence-electron chi connectivity index (χ1n) is 12.2. The molecule has 0 spiro atoms. The van der Waals surface area contributed by atoms with Gasteiger partial charge in [-0.05, 0) is 77.8 Å². The van der Waals surface area contributed by atoms with Gasteiger partial charge in [0.15, 0.2) is 5.78 Å². The van der Waals surface area contributed by atoms with Gasteiger partial charge in [-0.15, -0.1) is 0 Å². The highest BCUT2D eigenvalue weighted by atomic mass is 32.1. The molecule has 1 fully saturated rings. The number of nitrogens with one attached hydrogen (secondary N) is 1. The van der Waals surface area contributed by atoms with E-state index in [0.717, 1.165) is 17.6 Å². The van der Waals surface area contributed by atoms with E-state index >= 15 is 0 Å². The number of ketones is 1. The first-order chi connectivity index (χ1) is 15.3. The molecule has 0 saturated heterocycles. The zero-order chi connectivity index (χ0) is 22.5. The molecule has 1 saturated carbocycles. The summed E-state index contributed by atoms with van der Waals surface area (Å²) >= 11 is 1.74. The van der Waals surface area contributed by atoms with Crippen LogP contribution in [0.5, 0.6) is 0 Å². The van der Waals surface area contributed by atoms with E-state index in [1.807, 2.05) is 12.1 Å². The number of Topliss-reactive ketones (excluding diaryl/α,β-unsaturated/α-hetero) is 1. The summed E-state index contributed by atoms with van der Waals surface area (Å²) in [5.74, 6) is 1.21. The van der Waals surface area contributed by atoms with Crippen LogP contribution in [0.4, 0.5) is 0 Å². The quantitative estimate of drug-likeness (QED) is 0.487. The Hall–Kier alpha value is -2.13. The third-order valence-corrected chi connectivity index (χ3v) is 8.47. The molecule has 2 nitrogen and oxygen atoms in total. The zero-order valence-electron chi connectivity index (χ0n) is 19.8. The van der Waals surface area contributed by atoms with Crippen molar-refractivity contribution in [3.05, 3.63) is 80.3 Å². The van der Waals surface area contributed by atoms with Gasteiger partial charge in [-0.1, -0.05) is 63.4 Å². The lowest BCUT2D eigenvalue weighted by Crippen LogP contribution is -2.39. The minimum atomic E-state index is 0.0769. The van der Waals surface area contributed by atoms with Gasteiger partial charge in [-0.25, -0.2) is 0 Å². The van der Waals surface area contributed by atoms with Crippen LogP contribution in [0, 0.1) is 24.2 Å². The SMILES string of the molecule is Cc1ccc(C(=O)C2=C(C3CCCC3)NC3=C(C2c2ccsc2)[C@@H](C)CC(C)(C)C3)cc1. The van der Waals surface area contributed by atoms with E-state index in [9.17, 15) is 4.79 Å². The van der Waals surface area contributed by atoms with E-state index in [1.54, 1.807) is 11.3 Å². The lowest BCUT2D eigenvalue weighted by molar-refractivity contribution is 0.102. The molecule has 1 aliphatic heterocycles. The van der Waals surface area contributed by atoms with Crippen LogP contribution in [0.1, 0.15) is 86.7 Å². The highest BCUT2D eigenvalue weighted by Crippen LogP contribution is 2.53. The van der Waals surface area contributed by atoms with Gasteiger partial charge in [0.05, 0.1) is 0 Å². The number of hydrogen-bond donors (Lipinski definition) is 1. The predicted molar refractivity (Wildman–Crippen MR) is 134 cm³/mol. The van der Waals surface area contributed by atoms with Gasteiger partial charge in [0, 0.05) is 28.4 Å². The van der Waals surface area contributed by atoms with E-state index in [0.29, 0.717) is 11.8 Å². The van der Waals surface area contributed by atoms with Crippen molar-refractivity contribution >= 4 is 17.1 Å². The molecule has 3 aliphatic rings. The van der Waals surface area contributed by atoms with Crippen molar-refractivity contribution in [1.29, 1.82) is 0 Å². The van der Waals surface area contributed by atoms with Crippen LogP contribution in [0.3, 0.4) is 0 Å². The smallest absolute Gasteiger partial charge is 0.191 e. The molecule has 0 bridgehead atoms.